The topological polar surface area (TPSA) is 46.2 Å². The zero-order chi connectivity index (χ0) is 12.4. The van der Waals surface area contributed by atoms with E-state index in [2.05, 4.69) is 26.1 Å². The number of nitrogens with one attached hydrogen (secondary N) is 1. The molecule has 1 rings (SSSR count). The van der Waals surface area contributed by atoms with Gasteiger partial charge in [0.2, 0.25) is 0 Å². The minimum absolute atomic E-state index is 0.0509. The second kappa shape index (κ2) is 5.05. The van der Waals surface area contributed by atoms with Crippen molar-refractivity contribution in [3.8, 4) is 0 Å². The van der Waals surface area contributed by atoms with Crippen molar-refractivity contribution in [2.24, 2.45) is 11.3 Å². The van der Waals surface area contributed by atoms with Crippen LogP contribution in [0.15, 0.2) is 0 Å². The van der Waals surface area contributed by atoms with Gasteiger partial charge < -0.3 is 5.32 Å². The first-order chi connectivity index (χ1) is 7.28. The minimum Gasteiger partial charge on any atom is -0.313 e. The Bertz CT molecular complexity index is 320. The normalized spacial score (nSPS) is 22.8. The fraction of sp³-hybridized carbons (Fsp3) is 1.00. The van der Waals surface area contributed by atoms with Gasteiger partial charge in [-0.25, -0.2) is 8.42 Å². The minimum atomic E-state index is -2.83. The lowest BCUT2D eigenvalue weighted by atomic mass is 10.00. The van der Waals surface area contributed by atoms with E-state index in [1.165, 1.54) is 6.26 Å². The largest absolute Gasteiger partial charge is 0.313 e. The fourth-order valence-electron chi connectivity index (χ4n) is 2.04. The third-order valence-electron chi connectivity index (χ3n) is 3.82. The highest BCUT2D eigenvalue weighted by Gasteiger charge is 2.45. The number of hydrogen-bond donors (Lipinski definition) is 1. The van der Waals surface area contributed by atoms with Crippen molar-refractivity contribution >= 4 is 9.84 Å². The van der Waals surface area contributed by atoms with E-state index in [9.17, 15) is 8.42 Å². The molecular weight excluding hydrogens is 222 g/mol. The molecule has 1 N–H and O–H groups in total. The van der Waals surface area contributed by atoms with Crippen LogP contribution in [0.25, 0.3) is 0 Å². The molecular formula is C12H25NO2S. The van der Waals surface area contributed by atoms with Crippen LogP contribution in [0.3, 0.4) is 0 Å². The SMILES string of the molecule is CCC(C)C(C)NCC1(CS(C)(=O)=O)CC1. The molecule has 1 aliphatic carbocycles. The van der Waals surface area contributed by atoms with Crippen LogP contribution in [-0.2, 0) is 9.84 Å². The first-order valence-electron chi connectivity index (χ1n) is 6.19. The molecule has 2 atom stereocenters. The van der Waals surface area contributed by atoms with E-state index in [1.807, 2.05) is 0 Å². The van der Waals surface area contributed by atoms with E-state index in [4.69, 9.17) is 0 Å². The van der Waals surface area contributed by atoms with E-state index >= 15 is 0 Å². The highest BCUT2D eigenvalue weighted by molar-refractivity contribution is 7.90. The van der Waals surface area contributed by atoms with E-state index < -0.39 is 9.84 Å². The summed E-state index contributed by atoms with van der Waals surface area (Å²) >= 11 is 0. The first kappa shape index (κ1) is 14.0. The van der Waals surface area contributed by atoms with Gasteiger partial charge in [-0.1, -0.05) is 20.3 Å². The fourth-order valence-corrected chi connectivity index (χ4v) is 3.54. The van der Waals surface area contributed by atoms with Crippen LogP contribution in [0.5, 0.6) is 0 Å². The monoisotopic (exact) mass is 247 g/mol. The van der Waals surface area contributed by atoms with E-state index in [0.717, 1.165) is 25.8 Å². The van der Waals surface area contributed by atoms with Gasteiger partial charge in [0, 0.05) is 18.8 Å². The van der Waals surface area contributed by atoms with Crippen molar-refractivity contribution in [2.45, 2.75) is 46.1 Å². The van der Waals surface area contributed by atoms with Gasteiger partial charge in [0.15, 0.2) is 0 Å². The van der Waals surface area contributed by atoms with Gasteiger partial charge in [-0.3, -0.25) is 0 Å². The summed E-state index contributed by atoms with van der Waals surface area (Å²) in [4.78, 5) is 0. The van der Waals surface area contributed by atoms with E-state index in [-0.39, 0.29) is 5.41 Å². The third-order valence-corrected chi connectivity index (χ3v) is 4.96. The quantitative estimate of drug-likeness (QED) is 0.746. The van der Waals surface area contributed by atoms with Crippen LogP contribution in [0.2, 0.25) is 0 Å². The Morgan fingerprint density at radius 3 is 2.25 bits per heavy atom. The molecule has 96 valence electrons. The van der Waals surface area contributed by atoms with Crippen LogP contribution in [0, 0.1) is 11.3 Å². The zero-order valence-electron chi connectivity index (χ0n) is 10.9. The second-order valence-corrected chi connectivity index (χ2v) is 7.77. The molecule has 0 aliphatic heterocycles. The van der Waals surface area contributed by atoms with Gasteiger partial charge in [0.25, 0.3) is 0 Å². The predicted molar refractivity (Wildman–Crippen MR) is 68.3 cm³/mol. The Balaban J connectivity index is 2.38. The lowest BCUT2D eigenvalue weighted by Gasteiger charge is -2.23. The molecule has 0 aromatic carbocycles. The Labute approximate surface area is 99.9 Å². The van der Waals surface area contributed by atoms with Gasteiger partial charge in [0.05, 0.1) is 5.75 Å². The van der Waals surface area contributed by atoms with Gasteiger partial charge in [0.1, 0.15) is 9.84 Å². The molecule has 0 aromatic rings. The molecule has 4 heteroatoms. The Morgan fingerprint density at radius 2 is 1.88 bits per heavy atom. The predicted octanol–water partition coefficient (Wildman–Crippen LogP) is 1.84. The summed E-state index contributed by atoms with van der Waals surface area (Å²) in [5.41, 5.74) is 0.0509. The summed E-state index contributed by atoms with van der Waals surface area (Å²) in [5.74, 6) is 0.995. The van der Waals surface area contributed by atoms with Gasteiger partial charge in [-0.2, -0.15) is 0 Å². The maximum Gasteiger partial charge on any atom is 0.148 e. The Hall–Kier alpha value is -0.0900. The molecule has 0 bridgehead atoms. The summed E-state index contributed by atoms with van der Waals surface area (Å²) in [6.07, 6.45) is 4.61. The number of hydrogen-bond acceptors (Lipinski definition) is 3. The van der Waals surface area contributed by atoms with Gasteiger partial charge in [-0.05, 0) is 31.1 Å². The van der Waals surface area contributed by atoms with Crippen LogP contribution < -0.4 is 5.32 Å². The van der Waals surface area contributed by atoms with E-state index in [0.29, 0.717) is 17.7 Å². The standard InChI is InChI=1S/C12H25NO2S/c1-5-10(2)11(3)13-8-12(6-7-12)9-16(4,14)15/h10-11,13H,5-9H2,1-4H3. The maximum atomic E-state index is 11.3. The van der Waals surface area contributed by atoms with Crippen molar-refractivity contribution in [1.82, 2.24) is 5.32 Å². The summed E-state index contributed by atoms with van der Waals surface area (Å²) < 4.78 is 22.6. The molecule has 1 fully saturated rings. The van der Waals surface area contributed by atoms with Crippen molar-refractivity contribution in [2.75, 3.05) is 18.6 Å². The van der Waals surface area contributed by atoms with Crippen molar-refractivity contribution < 1.29 is 8.42 Å². The smallest absolute Gasteiger partial charge is 0.148 e. The van der Waals surface area contributed by atoms with Crippen LogP contribution >= 0.6 is 0 Å². The Kier molecular flexibility index (Phi) is 4.41. The van der Waals surface area contributed by atoms with Crippen LogP contribution in [-0.4, -0.2) is 33.0 Å². The average Bonchev–Trinajstić information content (AvgIpc) is 2.91. The van der Waals surface area contributed by atoms with Crippen molar-refractivity contribution in [3.05, 3.63) is 0 Å². The molecule has 1 aliphatic rings. The summed E-state index contributed by atoms with van der Waals surface area (Å²) in [5, 5.41) is 3.49. The summed E-state index contributed by atoms with van der Waals surface area (Å²) in [7, 11) is -2.83. The molecule has 1 saturated carbocycles. The molecule has 0 spiro atoms. The molecule has 0 saturated heterocycles. The number of rotatable bonds is 7. The second-order valence-electron chi connectivity index (χ2n) is 5.63. The van der Waals surface area contributed by atoms with Crippen LogP contribution in [0.1, 0.15) is 40.0 Å². The van der Waals surface area contributed by atoms with Gasteiger partial charge in [-0.15, -0.1) is 0 Å². The number of sulfone groups is 1. The summed E-state index contributed by atoms with van der Waals surface area (Å²) in [6.45, 7) is 7.45. The lowest BCUT2D eigenvalue weighted by molar-refractivity contribution is 0.359. The molecule has 16 heavy (non-hydrogen) atoms. The molecule has 0 radical (unpaired) electrons. The van der Waals surface area contributed by atoms with E-state index in [1.54, 1.807) is 0 Å². The highest BCUT2D eigenvalue weighted by Crippen LogP contribution is 2.46. The molecule has 3 nitrogen and oxygen atoms in total. The molecule has 0 heterocycles. The zero-order valence-corrected chi connectivity index (χ0v) is 11.7. The highest BCUT2D eigenvalue weighted by atomic mass is 32.2. The lowest BCUT2D eigenvalue weighted by Crippen LogP contribution is -2.38. The molecule has 0 aromatic heterocycles. The van der Waals surface area contributed by atoms with Crippen molar-refractivity contribution in [3.63, 3.8) is 0 Å². The molecule has 0 amide bonds. The third kappa shape index (κ3) is 4.42. The van der Waals surface area contributed by atoms with Gasteiger partial charge >= 0.3 is 0 Å². The van der Waals surface area contributed by atoms with Crippen LogP contribution in [0.4, 0.5) is 0 Å². The average molecular weight is 247 g/mol. The molecule has 2 unspecified atom stereocenters. The van der Waals surface area contributed by atoms with Crippen molar-refractivity contribution in [1.29, 1.82) is 0 Å². The Morgan fingerprint density at radius 1 is 1.31 bits per heavy atom. The first-order valence-corrected chi connectivity index (χ1v) is 8.25. The summed E-state index contributed by atoms with van der Waals surface area (Å²) in [6, 6.07) is 0.474. The maximum absolute atomic E-state index is 11.3.